The Labute approximate surface area is 146 Å². The van der Waals surface area contributed by atoms with Crippen LogP contribution >= 0.6 is 11.3 Å². The van der Waals surface area contributed by atoms with Crippen LogP contribution in [-0.4, -0.2) is 33.7 Å². The molecule has 3 heterocycles. The number of rotatable bonds is 3. The summed E-state index contributed by atoms with van der Waals surface area (Å²) >= 11 is 1.48. The van der Waals surface area contributed by atoms with Crippen LogP contribution in [0.5, 0.6) is 17.2 Å². The number of nitrogens with zero attached hydrogens (tertiary/aromatic N) is 4. The Hall–Kier alpha value is -3.13. The van der Waals surface area contributed by atoms with Crippen LogP contribution in [0.1, 0.15) is 0 Å². The van der Waals surface area contributed by atoms with Crippen molar-refractivity contribution in [3.63, 3.8) is 0 Å². The number of fused-ring (bicyclic) bond motifs is 2. The van der Waals surface area contributed by atoms with Gasteiger partial charge >= 0.3 is 0 Å². The van der Waals surface area contributed by atoms with Gasteiger partial charge in [0, 0.05) is 11.1 Å². The van der Waals surface area contributed by atoms with Gasteiger partial charge in [-0.05, 0) is 42.5 Å². The van der Waals surface area contributed by atoms with Crippen molar-refractivity contribution >= 4 is 16.3 Å². The van der Waals surface area contributed by atoms with Gasteiger partial charge in [-0.15, -0.1) is 10.2 Å². The molecule has 0 atom stereocenters. The molecule has 7 nitrogen and oxygen atoms in total. The third-order valence-electron chi connectivity index (χ3n) is 3.96. The summed E-state index contributed by atoms with van der Waals surface area (Å²) in [6.07, 6.45) is 0. The molecular formula is C17H12N4O3S. The first-order valence-electron chi connectivity index (χ1n) is 7.58. The van der Waals surface area contributed by atoms with Gasteiger partial charge in [0.05, 0.1) is 7.11 Å². The zero-order chi connectivity index (χ0) is 16.8. The largest absolute Gasteiger partial charge is 0.497 e. The monoisotopic (exact) mass is 352 g/mol. The predicted molar refractivity (Wildman–Crippen MR) is 92.2 cm³/mol. The predicted octanol–water partition coefficient (Wildman–Crippen LogP) is 3.26. The molecule has 0 spiro atoms. The Kier molecular flexibility index (Phi) is 3.10. The summed E-state index contributed by atoms with van der Waals surface area (Å²) in [5, 5.41) is 14.0. The number of benzene rings is 2. The molecule has 5 rings (SSSR count). The van der Waals surface area contributed by atoms with Crippen LogP contribution in [0.2, 0.25) is 0 Å². The standard InChI is InChI=1S/C17H12N4O3S/c1-22-12-5-2-10(3-6-12)15-18-19-17-21(15)20-16(25-17)11-4-7-13-14(8-11)24-9-23-13/h2-8H,9H2,1H3. The summed E-state index contributed by atoms with van der Waals surface area (Å²) in [5.74, 6) is 2.98. The van der Waals surface area contributed by atoms with E-state index in [0.717, 1.165) is 38.3 Å². The Morgan fingerprint density at radius 3 is 2.64 bits per heavy atom. The molecule has 0 saturated heterocycles. The lowest BCUT2D eigenvalue weighted by Gasteiger charge is -2.01. The topological polar surface area (TPSA) is 70.8 Å². The van der Waals surface area contributed by atoms with Crippen molar-refractivity contribution < 1.29 is 14.2 Å². The van der Waals surface area contributed by atoms with Gasteiger partial charge in [-0.2, -0.15) is 9.61 Å². The SMILES string of the molecule is COc1ccc(-c2nnc3sc(-c4ccc5c(c4)OCO5)nn23)cc1. The minimum atomic E-state index is 0.255. The fourth-order valence-corrected chi connectivity index (χ4v) is 3.52. The fourth-order valence-electron chi connectivity index (χ4n) is 2.68. The first-order valence-corrected chi connectivity index (χ1v) is 8.40. The summed E-state index contributed by atoms with van der Waals surface area (Å²) in [7, 11) is 1.64. The highest BCUT2D eigenvalue weighted by atomic mass is 32.1. The lowest BCUT2D eigenvalue weighted by molar-refractivity contribution is 0.174. The molecule has 1 aliphatic heterocycles. The first kappa shape index (κ1) is 14.2. The highest BCUT2D eigenvalue weighted by Crippen LogP contribution is 2.37. The molecule has 8 heteroatoms. The Morgan fingerprint density at radius 2 is 1.80 bits per heavy atom. The van der Waals surface area contributed by atoms with E-state index in [9.17, 15) is 0 Å². The minimum absolute atomic E-state index is 0.255. The molecule has 0 aliphatic carbocycles. The van der Waals surface area contributed by atoms with Crippen molar-refractivity contribution in [2.45, 2.75) is 0 Å². The molecule has 0 fully saturated rings. The van der Waals surface area contributed by atoms with Crippen LogP contribution in [0.25, 0.3) is 26.9 Å². The van der Waals surface area contributed by atoms with E-state index >= 15 is 0 Å². The lowest BCUT2D eigenvalue weighted by Crippen LogP contribution is -1.93. The third kappa shape index (κ3) is 2.30. The van der Waals surface area contributed by atoms with E-state index in [1.807, 2.05) is 42.5 Å². The maximum absolute atomic E-state index is 5.44. The van der Waals surface area contributed by atoms with Crippen LogP contribution in [0.4, 0.5) is 0 Å². The number of hydrogen-bond donors (Lipinski definition) is 0. The Bertz CT molecular complexity index is 1070. The molecule has 2 aromatic heterocycles. The molecule has 0 amide bonds. The van der Waals surface area contributed by atoms with E-state index in [4.69, 9.17) is 14.2 Å². The smallest absolute Gasteiger partial charge is 0.235 e. The van der Waals surface area contributed by atoms with Crippen molar-refractivity contribution in [1.29, 1.82) is 0 Å². The average Bonchev–Trinajstić information content (AvgIpc) is 3.36. The number of hydrogen-bond acceptors (Lipinski definition) is 7. The lowest BCUT2D eigenvalue weighted by atomic mass is 10.2. The van der Waals surface area contributed by atoms with Crippen molar-refractivity contribution in [2.75, 3.05) is 13.9 Å². The number of aromatic nitrogens is 4. The molecule has 1 aliphatic rings. The van der Waals surface area contributed by atoms with E-state index in [0.29, 0.717) is 5.82 Å². The Balaban J connectivity index is 1.57. The summed E-state index contributed by atoms with van der Waals surface area (Å²) in [6, 6.07) is 13.4. The quantitative estimate of drug-likeness (QED) is 0.564. The van der Waals surface area contributed by atoms with E-state index in [2.05, 4.69) is 15.3 Å². The zero-order valence-corrected chi connectivity index (χ0v) is 14.0. The maximum atomic E-state index is 5.44. The van der Waals surface area contributed by atoms with E-state index < -0.39 is 0 Å². The first-order chi connectivity index (χ1) is 12.3. The van der Waals surface area contributed by atoms with Crippen LogP contribution < -0.4 is 14.2 Å². The van der Waals surface area contributed by atoms with Crippen LogP contribution in [0.15, 0.2) is 42.5 Å². The van der Waals surface area contributed by atoms with Gasteiger partial charge in [0.2, 0.25) is 11.8 Å². The molecule has 2 aromatic carbocycles. The Morgan fingerprint density at radius 1 is 1.00 bits per heavy atom. The van der Waals surface area contributed by atoms with Gasteiger partial charge in [0.1, 0.15) is 10.8 Å². The fraction of sp³-hybridized carbons (Fsp3) is 0.118. The van der Waals surface area contributed by atoms with Crippen LogP contribution in [0.3, 0.4) is 0 Å². The van der Waals surface area contributed by atoms with Gasteiger partial charge in [-0.1, -0.05) is 11.3 Å². The molecule has 0 saturated carbocycles. The van der Waals surface area contributed by atoms with Crippen molar-refractivity contribution in [3.8, 4) is 39.2 Å². The maximum Gasteiger partial charge on any atom is 0.235 e. The van der Waals surface area contributed by atoms with Gasteiger partial charge in [-0.3, -0.25) is 0 Å². The summed E-state index contributed by atoms with van der Waals surface area (Å²) in [6.45, 7) is 0.255. The van der Waals surface area contributed by atoms with Gasteiger partial charge in [0.25, 0.3) is 0 Å². The molecule has 25 heavy (non-hydrogen) atoms. The number of ether oxygens (including phenoxy) is 3. The molecule has 0 radical (unpaired) electrons. The average molecular weight is 352 g/mol. The van der Waals surface area contributed by atoms with Crippen LogP contribution in [-0.2, 0) is 0 Å². The highest BCUT2D eigenvalue weighted by molar-refractivity contribution is 7.19. The molecule has 4 aromatic rings. The minimum Gasteiger partial charge on any atom is -0.497 e. The summed E-state index contributed by atoms with van der Waals surface area (Å²) < 4.78 is 17.7. The number of methoxy groups -OCH3 is 1. The highest BCUT2D eigenvalue weighted by Gasteiger charge is 2.18. The van der Waals surface area contributed by atoms with Crippen molar-refractivity contribution in [2.24, 2.45) is 0 Å². The van der Waals surface area contributed by atoms with Crippen molar-refractivity contribution in [1.82, 2.24) is 19.8 Å². The summed E-state index contributed by atoms with van der Waals surface area (Å²) in [5.41, 5.74) is 1.89. The summed E-state index contributed by atoms with van der Waals surface area (Å²) in [4.78, 5) is 0.735. The molecule has 0 N–H and O–H groups in total. The van der Waals surface area contributed by atoms with Crippen molar-refractivity contribution in [3.05, 3.63) is 42.5 Å². The normalized spacial score (nSPS) is 12.7. The van der Waals surface area contributed by atoms with Crippen LogP contribution in [0, 0.1) is 0 Å². The van der Waals surface area contributed by atoms with E-state index in [-0.39, 0.29) is 6.79 Å². The van der Waals surface area contributed by atoms with E-state index in [1.54, 1.807) is 11.6 Å². The van der Waals surface area contributed by atoms with E-state index in [1.165, 1.54) is 11.3 Å². The third-order valence-corrected chi connectivity index (χ3v) is 4.91. The molecule has 0 bridgehead atoms. The second-order valence-electron chi connectivity index (χ2n) is 5.42. The zero-order valence-electron chi connectivity index (χ0n) is 13.2. The molecule has 124 valence electrons. The van der Waals surface area contributed by atoms with Gasteiger partial charge in [-0.25, -0.2) is 0 Å². The van der Waals surface area contributed by atoms with Gasteiger partial charge < -0.3 is 14.2 Å². The second kappa shape index (κ2) is 5.45. The molecular weight excluding hydrogens is 340 g/mol. The van der Waals surface area contributed by atoms with Gasteiger partial charge in [0.15, 0.2) is 17.3 Å². The second-order valence-corrected chi connectivity index (χ2v) is 6.38. The molecule has 0 unspecified atom stereocenters.